The van der Waals surface area contributed by atoms with Gasteiger partial charge in [-0.3, -0.25) is 4.79 Å². The average Bonchev–Trinajstić information content (AvgIpc) is 3.26. The first kappa shape index (κ1) is 26.5. The van der Waals surface area contributed by atoms with E-state index in [2.05, 4.69) is 34.6 Å². The Labute approximate surface area is 221 Å². The molecule has 210 valence electrons. The van der Waals surface area contributed by atoms with Crippen molar-refractivity contribution >= 4 is 5.97 Å². The molecule has 14 atom stereocenters. The average molecular weight is 521 g/mol. The SMILES string of the molecule is CC(=O)O[C@@H]1C[C@@]2(C)C(CCC3C4C[C@@H]5O[C@]6(C[C@H](C)C(C)(C)O6)[C@](C)(O)C5[C@@]4(C)C[C@H](O)C32)C[C@@H]1O. The maximum Gasteiger partial charge on any atom is 0.302 e. The summed E-state index contributed by atoms with van der Waals surface area (Å²) in [4.78, 5) is 11.8. The van der Waals surface area contributed by atoms with Crippen molar-refractivity contribution in [1.29, 1.82) is 0 Å². The molecule has 6 rings (SSSR count). The molecule has 3 N–H and O–H groups in total. The Morgan fingerprint density at radius 3 is 2.27 bits per heavy atom. The number of fused-ring (bicyclic) bond motifs is 7. The molecule has 2 heterocycles. The van der Waals surface area contributed by atoms with Crippen molar-refractivity contribution in [1.82, 2.24) is 0 Å². The molecule has 0 aromatic heterocycles. The van der Waals surface area contributed by atoms with Gasteiger partial charge in [-0.05, 0) is 99.7 Å². The molecular weight excluding hydrogens is 472 g/mol. The smallest absolute Gasteiger partial charge is 0.302 e. The summed E-state index contributed by atoms with van der Waals surface area (Å²) in [5.74, 6) is -0.172. The molecule has 5 unspecified atom stereocenters. The van der Waals surface area contributed by atoms with E-state index >= 15 is 0 Å². The summed E-state index contributed by atoms with van der Waals surface area (Å²) in [7, 11) is 0. The first-order valence-electron chi connectivity index (χ1n) is 14.7. The van der Waals surface area contributed by atoms with Crippen molar-refractivity contribution < 1.29 is 34.3 Å². The molecule has 6 aliphatic rings. The van der Waals surface area contributed by atoms with Crippen LogP contribution in [-0.4, -0.2) is 62.7 Å². The number of esters is 1. The minimum Gasteiger partial charge on any atom is -0.460 e. The Hall–Kier alpha value is -0.730. The van der Waals surface area contributed by atoms with Crippen molar-refractivity contribution in [2.24, 2.45) is 46.3 Å². The summed E-state index contributed by atoms with van der Waals surface area (Å²) >= 11 is 0. The molecule has 6 fully saturated rings. The van der Waals surface area contributed by atoms with Gasteiger partial charge in [-0.15, -0.1) is 0 Å². The largest absolute Gasteiger partial charge is 0.460 e. The molecule has 1 spiro atoms. The molecular formula is C30H48O7. The number of hydrogen-bond acceptors (Lipinski definition) is 7. The third-order valence-corrected chi connectivity index (χ3v) is 12.8. The lowest BCUT2D eigenvalue weighted by Gasteiger charge is -2.63. The third-order valence-electron chi connectivity index (χ3n) is 12.8. The fourth-order valence-corrected chi connectivity index (χ4v) is 11.0. The van der Waals surface area contributed by atoms with Gasteiger partial charge in [-0.25, -0.2) is 0 Å². The Kier molecular flexibility index (Phi) is 5.68. The lowest BCUT2D eigenvalue weighted by molar-refractivity contribution is -0.300. The number of rotatable bonds is 1. The first-order valence-corrected chi connectivity index (χ1v) is 14.7. The molecule has 2 aliphatic heterocycles. The van der Waals surface area contributed by atoms with Gasteiger partial charge in [0.15, 0.2) is 5.79 Å². The maximum absolute atomic E-state index is 12.2. The van der Waals surface area contributed by atoms with E-state index in [1.54, 1.807) is 0 Å². The van der Waals surface area contributed by atoms with Crippen molar-refractivity contribution in [2.45, 2.75) is 135 Å². The zero-order valence-corrected chi connectivity index (χ0v) is 23.7. The molecule has 0 amide bonds. The van der Waals surface area contributed by atoms with Crippen LogP contribution >= 0.6 is 0 Å². The molecule has 0 aromatic rings. The van der Waals surface area contributed by atoms with E-state index in [9.17, 15) is 20.1 Å². The van der Waals surface area contributed by atoms with Crippen LogP contribution in [0, 0.1) is 46.3 Å². The highest BCUT2D eigenvalue weighted by Gasteiger charge is 2.77. The molecule has 0 aromatic carbocycles. The number of carbonyl (C=O) groups is 1. The second-order valence-electron chi connectivity index (χ2n) is 15.1. The van der Waals surface area contributed by atoms with Crippen LogP contribution in [0.2, 0.25) is 0 Å². The Morgan fingerprint density at radius 1 is 0.946 bits per heavy atom. The van der Waals surface area contributed by atoms with Crippen LogP contribution < -0.4 is 0 Å². The zero-order valence-electron chi connectivity index (χ0n) is 23.7. The van der Waals surface area contributed by atoms with E-state index in [1.165, 1.54) is 6.92 Å². The second-order valence-corrected chi connectivity index (χ2v) is 15.1. The van der Waals surface area contributed by atoms with Crippen LogP contribution in [0.3, 0.4) is 0 Å². The predicted molar refractivity (Wildman–Crippen MR) is 136 cm³/mol. The van der Waals surface area contributed by atoms with Gasteiger partial charge in [-0.2, -0.15) is 0 Å². The van der Waals surface area contributed by atoms with Gasteiger partial charge in [0, 0.05) is 19.3 Å². The van der Waals surface area contributed by atoms with E-state index in [0.717, 1.165) is 19.3 Å². The maximum atomic E-state index is 12.2. The van der Waals surface area contributed by atoms with Crippen LogP contribution in [0.5, 0.6) is 0 Å². The fraction of sp³-hybridized carbons (Fsp3) is 0.967. The van der Waals surface area contributed by atoms with E-state index < -0.39 is 29.7 Å². The van der Waals surface area contributed by atoms with E-state index in [4.69, 9.17) is 14.2 Å². The molecule has 0 radical (unpaired) electrons. The normalized spacial score (nSPS) is 59.9. The van der Waals surface area contributed by atoms with Gasteiger partial charge in [0.25, 0.3) is 0 Å². The van der Waals surface area contributed by atoms with Gasteiger partial charge in [-0.1, -0.05) is 20.8 Å². The predicted octanol–water partition coefficient (Wildman–Crippen LogP) is 3.81. The first-order chi connectivity index (χ1) is 17.1. The highest BCUT2D eigenvalue weighted by atomic mass is 16.7. The monoisotopic (exact) mass is 520 g/mol. The van der Waals surface area contributed by atoms with Gasteiger partial charge in [0.2, 0.25) is 0 Å². The fourth-order valence-electron chi connectivity index (χ4n) is 11.0. The summed E-state index contributed by atoms with van der Waals surface area (Å²) in [5.41, 5.74) is -1.98. The molecule has 0 bridgehead atoms. The van der Waals surface area contributed by atoms with Crippen LogP contribution in [-0.2, 0) is 19.0 Å². The number of aliphatic hydroxyl groups excluding tert-OH is 2. The van der Waals surface area contributed by atoms with Crippen molar-refractivity contribution in [3.63, 3.8) is 0 Å². The lowest BCUT2D eigenvalue weighted by Crippen LogP contribution is -2.63. The van der Waals surface area contributed by atoms with Crippen molar-refractivity contribution in [2.75, 3.05) is 0 Å². The molecule has 37 heavy (non-hydrogen) atoms. The Balaban J connectivity index is 1.31. The summed E-state index contributed by atoms with van der Waals surface area (Å²) in [6.07, 6.45) is 3.63. The molecule has 4 aliphatic carbocycles. The van der Waals surface area contributed by atoms with Crippen LogP contribution in [0.25, 0.3) is 0 Å². The summed E-state index contributed by atoms with van der Waals surface area (Å²) in [6.45, 7) is 14.2. The van der Waals surface area contributed by atoms with Gasteiger partial charge < -0.3 is 29.5 Å². The standard InChI is InChI=1S/C30H48O7/c1-15-12-30(37-26(15,3)4)29(7,34)25-22(36-30)11-19-18-9-8-17-10-20(32)23(35-16(2)31)14-27(17,5)24(18)21(33)13-28(19,25)6/h15,17-25,32-34H,8-14H2,1-7H3/t15-,17?,18?,19?,20-,21-,22-,23+,24?,25?,27-,28-,29+,30-/m0/s1. The van der Waals surface area contributed by atoms with E-state index in [-0.39, 0.29) is 46.3 Å². The number of aliphatic hydroxyl groups is 3. The van der Waals surface area contributed by atoms with Crippen LogP contribution in [0.4, 0.5) is 0 Å². The number of ether oxygens (including phenoxy) is 3. The summed E-state index contributed by atoms with van der Waals surface area (Å²) in [5, 5.41) is 34.9. The number of hydrogen-bond donors (Lipinski definition) is 3. The summed E-state index contributed by atoms with van der Waals surface area (Å²) < 4.78 is 18.9. The van der Waals surface area contributed by atoms with Gasteiger partial charge in [0.05, 0.1) is 23.9 Å². The van der Waals surface area contributed by atoms with Gasteiger partial charge in [0.1, 0.15) is 11.7 Å². The molecule has 7 nitrogen and oxygen atoms in total. The lowest BCUT2D eigenvalue weighted by atomic mass is 9.43. The summed E-state index contributed by atoms with van der Waals surface area (Å²) in [6, 6.07) is 0. The molecule has 7 heteroatoms. The minimum atomic E-state index is -1.15. The third kappa shape index (κ3) is 3.39. The van der Waals surface area contributed by atoms with E-state index in [0.29, 0.717) is 43.4 Å². The number of carbonyl (C=O) groups excluding carboxylic acids is 1. The van der Waals surface area contributed by atoms with Crippen LogP contribution in [0.1, 0.15) is 93.4 Å². The van der Waals surface area contributed by atoms with Crippen molar-refractivity contribution in [3.05, 3.63) is 0 Å². The van der Waals surface area contributed by atoms with Crippen molar-refractivity contribution in [3.8, 4) is 0 Å². The van der Waals surface area contributed by atoms with Crippen LogP contribution in [0.15, 0.2) is 0 Å². The van der Waals surface area contributed by atoms with E-state index in [1.807, 2.05) is 6.92 Å². The highest BCUT2D eigenvalue weighted by molar-refractivity contribution is 5.66. The quantitative estimate of drug-likeness (QED) is 0.452. The highest BCUT2D eigenvalue weighted by Crippen LogP contribution is 2.72. The molecule has 2 saturated heterocycles. The minimum absolute atomic E-state index is 0.0781. The van der Waals surface area contributed by atoms with Gasteiger partial charge >= 0.3 is 5.97 Å². The molecule has 4 saturated carbocycles. The Morgan fingerprint density at radius 2 is 1.65 bits per heavy atom. The second kappa shape index (κ2) is 7.93. The Bertz CT molecular complexity index is 964. The topological polar surface area (TPSA) is 105 Å². The zero-order chi connectivity index (χ0) is 26.9.